The number of aromatic nitrogens is 3. The largest absolute Gasteiger partial charge is 0.443 e. The number of rotatable bonds is 10. The minimum Gasteiger partial charge on any atom is -0.443 e. The number of nitrogens with zero attached hydrogens (tertiary/aromatic N) is 4. The second-order valence-electron chi connectivity index (χ2n) is 13.9. The number of methoxy groups -OCH3 is 1. The van der Waals surface area contributed by atoms with Gasteiger partial charge in [-0.3, -0.25) is 4.90 Å². The Hall–Kier alpha value is -1.83. The highest BCUT2D eigenvalue weighted by molar-refractivity contribution is 7.63. The van der Waals surface area contributed by atoms with Gasteiger partial charge in [-0.05, 0) is 84.5 Å². The topological polar surface area (TPSA) is 143 Å². The van der Waals surface area contributed by atoms with E-state index in [0.717, 1.165) is 25.7 Å². The monoisotopic (exact) mass is 672 g/mol. The third-order valence-corrected chi connectivity index (χ3v) is 11.1. The van der Waals surface area contributed by atoms with Gasteiger partial charge in [0.05, 0.1) is 25.5 Å². The van der Waals surface area contributed by atoms with Crippen LogP contribution in [0.3, 0.4) is 0 Å². The van der Waals surface area contributed by atoms with Gasteiger partial charge in [-0.15, -0.1) is 5.10 Å². The van der Waals surface area contributed by atoms with Gasteiger partial charge in [-0.1, -0.05) is 12.8 Å². The van der Waals surface area contributed by atoms with Crippen molar-refractivity contribution < 1.29 is 42.9 Å². The summed E-state index contributed by atoms with van der Waals surface area (Å²) in [6.07, 6.45) is 0.715. The van der Waals surface area contributed by atoms with Crippen LogP contribution in [0.4, 0.5) is 10.6 Å². The first-order chi connectivity index (χ1) is 21.0. The Kier molecular flexibility index (Phi) is 9.70. The lowest BCUT2D eigenvalue weighted by Gasteiger charge is -2.36. The summed E-state index contributed by atoms with van der Waals surface area (Å²) < 4.78 is 51.3. The predicted molar refractivity (Wildman–Crippen MR) is 168 cm³/mol. The van der Waals surface area contributed by atoms with Gasteiger partial charge in [0.25, 0.3) is 0 Å². The maximum absolute atomic E-state index is 13.6. The maximum atomic E-state index is 13.6. The first kappa shape index (κ1) is 34.5. The summed E-state index contributed by atoms with van der Waals surface area (Å²) in [5.74, 6) is -0.559. The highest BCUT2D eigenvalue weighted by Crippen LogP contribution is 2.53. The number of carbonyl (C=O) groups excluding carboxylic acids is 1. The average Bonchev–Trinajstić information content (AvgIpc) is 3.70. The van der Waals surface area contributed by atoms with Crippen LogP contribution in [0, 0.1) is 0 Å². The quantitative estimate of drug-likeness (QED) is 0.341. The van der Waals surface area contributed by atoms with E-state index in [2.05, 4.69) is 10.1 Å². The lowest BCUT2D eigenvalue weighted by atomic mass is 10.1. The number of anilines is 1. The second kappa shape index (κ2) is 12.6. The third kappa shape index (κ3) is 6.92. The molecule has 15 heteroatoms. The average molecular weight is 673 g/mol. The minimum absolute atomic E-state index is 0.0366. The SMILES string of the molecule is COC[C@@](CO)(OC[C@H]1O[C@H](c2ccc3c(N(C(=O)OC(C)(C)C)C4CCCC4)nc(Cl)nn23)[C@@H]2OC(C)(C)O[C@@H]21)P(C)(C)=O. The summed E-state index contributed by atoms with van der Waals surface area (Å²) in [5, 5.41) is 13.3. The fraction of sp³-hybridized carbons (Fsp3) is 0.767. The van der Waals surface area contributed by atoms with E-state index in [4.69, 9.17) is 40.0 Å². The third-order valence-electron chi connectivity index (χ3n) is 8.56. The van der Waals surface area contributed by atoms with Crippen molar-refractivity contribution in [1.29, 1.82) is 0 Å². The Balaban J connectivity index is 1.51. The zero-order chi connectivity index (χ0) is 32.9. The molecule has 45 heavy (non-hydrogen) atoms. The predicted octanol–water partition coefficient (Wildman–Crippen LogP) is 5.00. The summed E-state index contributed by atoms with van der Waals surface area (Å²) in [6.45, 7) is 11.7. The van der Waals surface area contributed by atoms with Crippen LogP contribution in [0.5, 0.6) is 0 Å². The van der Waals surface area contributed by atoms with E-state index >= 15 is 0 Å². The van der Waals surface area contributed by atoms with E-state index in [1.807, 2.05) is 46.8 Å². The standard InChI is InChI=1S/C30H46ClN4O9P/c1-28(2,3)44-27(37)34(18-11-9-10-12-18)25-20-14-13-19(35(20)33-26(31)32-25)22-24-23(42-29(4,5)43-24)21(41-22)15-40-30(16-36,17-39-6)45(7,8)38/h13-14,18,21-24,36H,9-12,15-17H2,1-8H3/t21-,22-,23-,24+,30+/m1/s1. The summed E-state index contributed by atoms with van der Waals surface area (Å²) in [7, 11) is -1.52. The second-order valence-corrected chi connectivity index (χ2v) is 17.8. The van der Waals surface area contributed by atoms with Crippen molar-refractivity contribution in [1.82, 2.24) is 14.6 Å². The molecule has 252 valence electrons. The first-order valence-electron chi connectivity index (χ1n) is 15.4. The summed E-state index contributed by atoms with van der Waals surface area (Å²) >= 11 is 6.52. The summed E-state index contributed by atoms with van der Waals surface area (Å²) in [4.78, 5) is 19.7. The molecule has 2 saturated heterocycles. The van der Waals surface area contributed by atoms with Crippen molar-refractivity contribution in [3.63, 3.8) is 0 Å². The highest BCUT2D eigenvalue weighted by atomic mass is 35.5. The van der Waals surface area contributed by atoms with Gasteiger partial charge in [0.15, 0.2) is 16.9 Å². The molecule has 5 atom stereocenters. The number of hydrogen-bond acceptors (Lipinski definition) is 11. The van der Waals surface area contributed by atoms with Gasteiger partial charge in [-0.2, -0.15) is 4.98 Å². The van der Waals surface area contributed by atoms with Crippen LogP contribution in [-0.2, 0) is 33.0 Å². The first-order valence-corrected chi connectivity index (χ1v) is 18.3. The van der Waals surface area contributed by atoms with Crippen LogP contribution in [0.25, 0.3) is 5.52 Å². The molecule has 1 N–H and O–H groups in total. The molecule has 0 unspecified atom stereocenters. The Morgan fingerprint density at radius 3 is 2.47 bits per heavy atom. The number of aliphatic hydroxyl groups is 1. The van der Waals surface area contributed by atoms with Crippen LogP contribution in [0.15, 0.2) is 12.1 Å². The van der Waals surface area contributed by atoms with Gasteiger partial charge >= 0.3 is 6.09 Å². The minimum atomic E-state index is -2.98. The van der Waals surface area contributed by atoms with Gasteiger partial charge < -0.3 is 38.1 Å². The van der Waals surface area contributed by atoms with Gasteiger partial charge in [0.2, 0.25) is 5.28 Å². The number of ether oxygens (including phenoxy) is 6. The van der Waals surface area contributed by atoms with Crippen molar-refractivity contribution >= 4 is 36.2 Å². The Labute approximate surface area is 269 Å². The number of hydrogen-bond donors (Lipinski definition) is 1. The fourth-order valence-electron chi connectivity index (χ4n) is 6.38. The normalized spacial score (nSPS) is 26.7. The molecule has 0 radical (unpaired) electrons. The maximum Gasteiger partial charge on any atom is 0.416 e. The zero-order valence-corrected chi connectivity index (χ0v) is 29.0. The Bertz CT molecular complexity index is 1440. The zero-order valence-electron chi connectivity index (χ0n) is 27.3. The molecule has 2 aliphatic heterocycles. The fourth-order valence-corrected chi connectivity index (χ4v) is 7.70. The Morgan fingerprint density at radius 1 is 1.20 bits per heavy atom. The molecule has 1 saturated carbocycles. The molecule has 3 aliphatic rings. The van der Waals surface area contributed by atoms with Crippen molar-refractivity contribution in [3.05, 3.63) is 23.1 Å². The number of fused-ring (bicyclic) bond motifs is 2. The van der Waals surface area contributed by atoms with E-state index in [-0.39, 0.29) is 24.5 Å². The van der Waals surface area contributed by atoms with E-state index in [0.29, 0.717) is 17.0 Å². The van der Waals surface area contributed by atoms with E-state index in [9.17, 15) is 14.5 Å². The van der Waals surface area contributed by atoms with Crippen molar-refractivity contribution in [2.75, 3.05) is 45.2 Å². The molecule has 2 aromatic rings. The van der Waals surface area contributed by atoms with Gasteiger partial charge in [0.1, 0.15) is 42.7 Å². The Morgan fingerprint density at radius 2 is 1.87 bits per heavy atom. The molecule has 1 aliphatic carbocycles. The lowest BCUT2D eigenvalue weighted by molar-refractivity contribution is -0.198. The van der Waals surface area contributed by atoms with Crippen LogP contribution in [0.2, 0.25) is 5.28 Å². The summed E-state index contributed by atoms with van der Waals surface area (Å²) in [5.41, 5.74) is 0.472. The van der Waals surface area contributed by atoms with E-state index in [1.54, 1.807) is 22.7 Å². The van der Waals surface area contributed by atoms with Crippen LogP contribution < -0.4 is 4.90 Å². The molecule has 0 aromatic carbocycles. The van der Waals surface area contributed by atoms with E-state index in [1.165, 1.54) is 7.11 Å². The molecule has 3 fully saturated rings. The van der Waals surface area contributed by atoms with Gasteiger partial charge in [-0.25, -0.2) is 9.31 Å². The molecule has 13 nitrogen and oxygen atoms in total. The van der Waals surface area contributed by atoms with Crippen LogP contribution >= 0.6 is 18.7 Å². The molecule has 4 heterocycles. The molecule has 2 aromatic heterocycles. The molecular weight excluding hydrogens is 627 g/mol. The van der Waals surface area contributed by atoms with Crippen molar-refractivity contribution in [2.24, 2.45) is 0 Å². The number of halogens is 1. The highest BCUT2D eigenvalue weighted by Gasteiger charge is 2.57. The van der Waals surface area contributed by atoms with Crippen LogP contribution in [0.1, 0.15) is 72.1 Å². The van der Waals surface area contributed by atoms with E-state index < -0.39 is 61.0 Å². The molecule has 1 amide bonds. The smallest absolute Gasteiger partial charge is 0.416 e. The lowest BCUT2D eigenvalue weighted by Crippen LogP contribution is -2.44. The molecule has 0 bridgehead atoms. The number of amides is 1. The molecule has 5 rings (SSSR count). The summed E-state index contributed by atoms with van der Waals surface area (Å²) in [6, 6.07) is 3.58. The molecule has 0 spiro atoms. The number of aliphatic hydroxyl groups excluding tert-OH is 1. The number of carbonyl (C=O) groups is 1. The van der Waals surface area contributed by atoms with Crippen LogP contribution in [-0.4, -0.2) is 107 Å². The molecular formula is C30H46ClN4O9P. The van der Waals surface area contributed by atoms with Gasteiger partial charge in [0, 0.05) is 13.2 Å². The van der Waals surface area contributed by atoms with Crippen molar-refractivity contribution in [2.45, 2.75) is 107 Å². The van der Waals surface area contributed by atoms with Crippen molar-refractivity contribution in [3.8, 4) is 0 Å².